The molecule has 1 aromatic heterocycles. The molecule has 0 saturated carbocycles. The summed E-state index contributed by atoms with van der Waals surface area (Å²) in [4.78, 5) is 27.3. The van der Waals surface area contributed by atoms with Gasteiger partial charge in [-0.3, -0.25) is 4.31 Å². The maximum atomic E-state index is 13.2. The van der Waals surface area contributed by atoms with Gasteiger partial charge in [0.15, 0.2) is 0 Å². The number of rotatable bonds is 5. The van der Waals surface area contributed by atoms with Crippen LogP contribution in [0.5, 0.6) is 6.01 Å². The Kier molecular flexibility index (Phi) is 5.51. The molecule has 1 N–H and O–H groups in total. The minimum atomic E-state index is -4.54. The van der Waals surface area contributed by atoms with Crippen LogP contribution in [0.25, 0.3) is 0 Å². The molecule has 1 aliphatic heterocycles. The number of sulfonamides is 1. The highest BCUT2D eigenvalue weighted by Crippen LogP contribution is 2.35. The summed E-state index contributed by atoms with van der Waals surface area (Å²) in [7, 11) is -4.54. The molecule has 0 saturated heterocycles. The molecule has 0 spiro atoms. The molecule has 0 unspecified atom stereocenters. The van der Waals surface area contributed by atoms with Gasteiger partial charge in [-0.15, -0.1) is 4.98 Å². The number of nitrogens with zero attached hydrogens (tertiary/aromatic N) is 2. The van der Waals surface area contributed by atoms with Crippen molar-refractivity contribution in [3.63, 3.8) is 0 Å². The number of aromatic amines is 1. The molecule has 2 aromatic carbocycles. The number of anilines is 1. The SMILES string of the molecule is C[C@@H]1[C@@H](Oc2nc(=O)o[nH]2)Cc2ccccc2N1S(=O)(=O)C(=O)OCc1ccccc1. The zero-order chi connectivity index (χ0) is 22.0. The first-order chi connectivity index (χ1) is 14.9. The molecule has 2 heterocycles. The summed E-state index contributed by atoms with van der Waals surface area (Å²) >= 11 is 0. The van der Waals surface area contributed by atoms with E-state index in [1.807, 2.05) is 0 Å². The number of ether oxygens (including phenoxy) is 2. The summed E-state index contributed by atoms with van der Waals surface area (Å²) < 4.78 is 42.6. The zero-order valence-electron chi connectivity index (χ0n) is 16.4. The highest BCUT2D eigenvalue weighted by molar-refractivity contribution is 8.06. The standard InChI is InChI=1S/C20H19N3O7S/c1-13-17(29-18-21-19(24)30-22-18)11-15-9-5-6-10-16(15)23(13)31(26,27)20(25)28-12-14-7-3-2-4-8-14/h2-10,13,17H,11-12H2,1H3,(H,21,22,24)/t13-,17+/m1/s1. The first-order valence-electron chi connectivity index (χ1n) is 9.41. The van der Waals surface area contributed by atoms with Crippen molar-refractivity contribution in [3.8, 4) is 6.01 Å². The van der Waals surface area contributed by atoms with Gasteiger partial charge in [0.2, 0.25) is 0 Å². The molecule has 10 nitrogen and oxygen atoms in total. The smallest absolute Gasteiger partial charge is 0.457 e. The topological polar surface area (TPSA) is 132 Å². The van der Waals surface area contributed by atoms with E-state index in [-0.39, 0.29) is 12.6 Å². The van der Waals surface area contributed by atoms with Gasteiger partial charge in [0.05, 0.1) is 11.7 Å². The van der Waals surface area contributed by atoms with Gasteiger partial charge in [0, 0.05) is 6.42 Å². The second-order valence-corrected chi connectivity index (χ2v) is 8.62. The molecule has 31 heavy (non-hydrogen) atoms. The van der Waals surface area contributed by atoms with E-state index in [0.717, 1.165) is 4.31 Å². The van der Waals surface area contributed by atoms with E-state index in [4.69, 9.17) is 9.47 Å². The summed E-state index contributed by atoms with van der Waals surface area (Å²) in [6.07, 6.45) is -0.413. The first-order valence-corrected chi connectivity index (χ1v) is 10.9. The number of hydrogen-bond donors (Lipinski definition) is 1. The van der Waals surface area contributed by atoms with Crippen LogP contribution in [0, 0.1) is 0 Å². The van der Waals surface area contributed by atoms with Gasteiger partial charge in [0.1, 0.15) is 12.7 Å². The molecule has 0 aliphatic carbocycles. The van der Waals surface area contributed by atoms with Crippen LogP contribution in [0.3, 0.4) is 0 Å². The Morgan fingerprint density at radius 2 is 1.90 bits per heavy atom. The van der Waals surface area contributed by atoms with Gasteiger partial charge in [-0.25, -0.2) is 9.59 Å². The Hall–Kier alpha value is -3.60. The van der Waals surface area contributed by atoms with Crippen molar-refractivity contribution in [2.24, 2.45) is 0 Å². The highest BCUT2D eigenvalue weighted by atomic mass is 32.2. The van der Waals surface area contributed by atoms with Crippen LogP contribution in [0.2, 0.25) is 0 Å². The van der Waals surface area contributed by atoms with Gasteiger partial charge in [0.25, 0.3) is 0 Å². The Labute approximate surface area is 177 Å². The van der Waals surface area contributed by atoms with Gasteiger partial charge < -0.3 is 14.0 Å². The van der Waals surface area contributed by atoms with Crippen LogP contribution < -0.4 is 14.8 Å². The van der Waals surface area contributed by atoms with E-state index in [0.29, 0.717) is 23.2 Å². The lowest BCUT2D eigenvalue weighted by atomic mass is 9.96. The highest BCUT2D eigenvalue weighted by Gasteiger charge is 2.44. The Morgan fingerprint density at radius 1 is 1.19 bits per heavy atom. The van der Waals surface area contributed by atoms with Crippen molar-refractivity contribution in [3.05, 3.63) is 76.3 Å². The van der Waals surface area contributed by atoms with E-state index in [1.54, 1.807) is 61.5 Å². The van der Waals surface area contributed by atoms with Crippen molar-refractivity contribution in [2.75, 3.05) is 4.31 Å². The molecule has 0 bridgehead atoms. The number of aromatic nitrogens is 2. The Balaban J connectivity index is 1.62. The third kappa shape index (κ3) is 4.17. The van der Waals surface area contributed by atoms with Crippen molar-refractivity contribution >= 4 is 21.0 Å². The fourth-order valence-electron chi connectivity index (χ4n) is 3.43. The van der Waals surface area contributed by atoms with Crippen LogP contribution >= 0.6 is 0 Å². The minimum Gasteiger partial charge on any atom is -0.457 e. The zero-order valence-corrected chi connectivity index (χ0v) is 17.2. The summed E-state index contributed by atoms with van der Waals surface area (Å²) in [5.41, 5.74) is 1.67. The van der Waals surface area contributed by atoms with Crippen molar-refractivity contribution in [2.45, 2.75) is 32.1 Å². The Morgan fingerprint density at radius 3 is 2.61 bits per heavy atom. The third-order valence-electron chi connectivity index (χ3n) is 4.91. The molecule has 0 fully saturated rings. The lowest BCUT2D eigenvalue weighted by molar-refractivity contribution is 0.151. The fraction of sp³-hybridized carbons (Fsp3) is 0.250. The Bertz CT molecular complexity index is 1240. The molecular weight excluding hydrogens is 426 g/mol. The lowest BCUT2D eigenvalue weighted by Gasteiger charge is -2.39. The molecular formula is C20H19N3O7S. The van der Waals surface area contributed by atoms with Crippen LogP contribution in [-0.2, 0) is 27.8 Å². The summed E-state index contributed by atoms with van der Waals surface area (Å²) in [5.74, 6) is -0.868. The average molecular weight is 445 g/mol. The van der Waals surface area contributed by atoms with Crippen molar-refractivity contribution in [1.82, 2.24) is 10.1 Å². The average Bonchev–Trinajstić information content (AvgIpc) is 3.17. The number of para-hydroxylation sites is 1. The molecule has 11 heteroatoms. The van der Waals surface area contributed by atoms with E-state index < -0.39 is 33.2 Å². The predicted octanol–water partition coefficient (Wildman–Crippen LogP) is 2.23. The molecule has 0 amide bonds. The van der Waals surface area contributed by atoms with E-state index in [9.17, 15) is 18.0 Å². The molecule has 162 valence electrons. The van der Waals surface area contributed by atoms with Crippen LogP contribution in [0.1, 0.15) is 18.1 Å². The quantitative estimate of drug-likeness (QED) is 0.592. The van der Waals surface area contributed by atoms with Crippen LogP contribution in [0.15, 0.2) is 63.9 Å². The maximum absolute atomic E-state index is 13.2. The van der Waals surface area contributed by atoms with E-state index >= 15 is 0 Å². The number of hydrogen-bond acceptors (Lipinski definition) is 8. The van der Waals surface area contributed by atoms with Crippen LogP contribution in [-0.4, -0.2) is 36.0 Å². The second kappa shape index (κ2) is 8.26. The number of carbonyl (C=O) groups is 1. The number of H-pyrrole nitrogens is 1. The largest absolute Gasteiger partial charge is 0.462 e. The molecule has 1 aliphatic rings. The fourth-order valence-corrected chi connectivity index (χ4v) is 4.80. The molecule has 0 radical (unpaired) electrons. The van der Waals surface area contributed by atoms with Crippen LogP contribution in [0.4, 0.5) is 10.5 Å². The normalized spacial score (nSPS) is 18.3. The van der Waals surface area contributed by atoms with Gasteiger partial charge in [-0.05, 0) is 24.1 Å². The summed E-state index contributed by atoms with van der Waals surface area (Å²) in [6.45, 7) is 1.42. The van der Waals surface area contributed by atoms with Gasteiger partial charge in [-0.2, -0.15) is 13.6 Å². The number of benzene rings is 2. The molecule has 3 aromatic rings. The molecule has 2 atom stereocenters. The minimum absolute atomic E-state index is 0.176. The summed E-state index contributed by atoms with van der Waals surface area (Å²) in [5, 5.41) is 0.865. The van der Waals surface area contributed by atoms with Crippen molar-refractivity contribution in [1.29, 1.82) is 0 Å². The molecule has 4 rings (SSSR count). The maximum Gasteiger partial charge on any atom is 0.462 e. The number of carbonyl (C=O) groups excluding carboxylic acids is 1. The van der Waals surface area contributed by atoms with Gasteiger partial charge in [-0.1, -0.05) is 48.5 Å². The predicted molar refractivity (Wildman–Crippen MR) is 109 cm³/mol. The lowest BCUT2D eigenvalue weighted by Crippen LogP contribution is -2.53. The van der Waals surface area contributed by atoms with E-state index in [2.05, 4.69) is 14.7 Å². The second-order valence-electron chi connectivity index (χ2n) is 6.94. The van der Waals surface area contributed by atoms with Crippen molar-refractivity contribution < 1.29 is 27.2 Å². The first kappa shape index (κ1) is 20.7. The van der Waals surface area contributed by atoms with Gasteiger partial charge >= 0.3 is 27.1 Å². The number of nitrogens with one attached hydrogen (secondary N) is 1. The number of fused-ring (bicyclic) bond motifs is 1. The summed E-state index contributed by atoms with van der Waals surface area (Å²) in [6, 6.07) is 14.6. The third-order valence-corrected chi connectivity index (χ3v) is 6.49. The van der Waals surface area contributed by atoms with E-state index in [1.165, 1.54) is 0 Å². The monoisotopic (exact) mass is 445 g/mol.